The fourth-order valence-electron chi connectivity index (χ4n) is 2.53. The van der Waals surface area contributed by atoms with Crippen LogP contribution in [0.3, 0.4) is 0 Å². The van der Waals surface area contributed by atoms with E-state index in [9.17, 15) is 17.6 Å². The molecule has 0 radical (unpaired) electrons. The molecule has 1 heterocycles. The number of benzene rings is 2. The van der Waals surface area contributed by atoms with Gasteiger partial charge in [-0.1, -0.05) is 30.3 Å². The second-order valence-corrected chi connectivity index (χ2v) is 7.80. The first-order chi connectivity index (χ1) is 13.5. The molecule has 0 saturated carbocycles. The van der Waals surface area contributed by atoms with E-state index in [4.69, 9.17) is 0 Å². The molecule has 3 aromatic rings. The average Bonchev–Trinajstić information content (AvgIpc) is 2.72. The Hall–Kier alpha value is -3.26. The van der Waals surface area contributed by atoms with Gasteiger partial charge in [0.05, 0.1) is 5.69 Å². The minimum atomic E-state index is -4.06. The van der Waals surface area contributed by atoms with Gasteiger partial charge in [0.1, 0.15) is 17.3 Å². The van der Waals surface area contributed by atoms with Crippen LogP contribution < -0.4 is 9.62 Å². The number of amides is 1. The van der Waals surface area contributed by atoms with E-state index >= 15 is 0 Å². The largest absolute Gasteiger partial charge is 0.350 e. The Balaban J connectivity index is 1.84. The number of carbonyl (C=O) groups is 1. The molecule has 0 atom stereocenters. The summed E-state index contributed by atoms with van der Waals surface area (Å²) in [6, 6.07) is 17.1. The van der Waals surface area contributed by atoms with Crippen molar-refractivity contribution in [1.82, 2.24) is 10.3 Å². The lowest BCUT2D eigenvalue weighted by molar-refractivity contribution is -0.119. The van der Waals surface area contributed by atoms with Crippen LogP contribution in [0.1, 0.15) is 5.56 Å². The molecule has 1 N–H and O–H groups in total. The molecule has 3 rings (SSSR count). The van der Waals surface area contributed by atoms with Crippen molar-refractivity contribution in [1.29, 1.82) is 0 Å². The standard InChI is InChI=1S/C20H18FN3O3S/c21-17-8-10-18(11-9-17)24(28(26,27)19-7-4-12-22-14-19)15-20(25)23-13-16-5-2-1-3-6-16/h1-12,14H,13,15H2,(H,23,25). The molecule has 1 amide bonds. The zero-order valence-electron chi connectivity index (χ0n) is 14.8. The third kappa shape index (κ3) is 4.72. The van der Waals surface area contributed by atoms with E-state index in [1.54, 1.807) is 0 Å². The van der Waals surface area contributed by atoms with Crippen molar-refractivity contribution < 1.29 is 17.6 Å². The fourth-order valence-corrected chi connectivity index (χ4v) is 3.92. The lowest BCUT2D eigenvalue weighted by Gasteiger charge is -2.24. The third-order valence-electron chi connectivity index (χ3n) is 3.96. The molecule has 1 aromatic heterocycles. The molecule has 0 aliphatic rings. The maximum Gasteiger partial charge on any atom is 0.266 e. The molecule has 0 bridgehead atoms. The highest BCUT2D eigenvalue weighted by atomic mass is 32.2. The van der Waals surface area contributed by atoms with Crippen molar-refractivity contribution in [3.05, 3.63) is 90.5 Å². The van der Waals surface area contributed by atoms with Crippen molar-refractivity contribution in [2.45, 2.75) is 11.4 Å². The summed E-state index contributed by atoms with van der Waals surface area (Å²) in [5, 5.41) is 2.70. The number of aromatic nitrogens is 1. The first-order valence-corrected chi connectivity index (χ1v) is 9.90. The summed E-state index contributed by atoms with van der Waals surface area (Å²) in [4.78, 5) is 16.2. The number of nitrogens with one attached hydrogen (secondary N) is 1. The topological polar surface area (TPSA) is 79.4 Å². The lowest BCUT2D eigenvalue weighted by atomic mass is 10.2. The van der Waals surface area contributed by atoms with Crippen molar-refractivity contribution in [2.24, 2.45) is 0 Å². The molecule has 0 spiro atoms. The zero-order valence-corrected chi connectivity index (χ0v) is 15.6. The summed E-state index contributed by atoms with van der Waals surface area (Å²) in [7, 11) is -4.06. The number of sulfonamides is 1. The van der Waals surface area contributed by atoms with Crippen molar-refractivity contribution in [3.63, 3.8) is 0 Å². The van der Waals surface area contributed by atoms with Crippen LogP contribution in [0, 0.1) is 5.82 Å². The predicted octanol–water partition coefficient (Wildman–Crippen LogP) is 2.73. The highest BCUT2D eigenvalue weighted by Gasteiger charge is 2.27. The minimum Gasteiger partial charge on any atom is -0.350 e. The number of anilines is 1. The second kappa shape index (κ2) is 8.62. The van der Waals surface area contributed by atoms with E-state index in [1.807, 2.05) is 30.3 Å². The Labute approximate surface area is 162 Å². The maximum absolute atomic E-state index is 13.3. The lowest BCUT2D eigenvalue weighted by Crippen LogP contribution is -2.40. The molecule has 8 heteroatoms. The predicted molar refractivity (Wildman–Crippen MR) is 103 cm³/mol. The van der Waals surface area contributed by atoms with Gasteiger partial charge in [0.25, 0.3) is 10.0 Å². The number of pyridine rings is 1. The highest BCUT2D eigenvalue weighted by Crippen LogP contribution is 2.23. The fraction of sp³-hybridized carbons (Fsp3) is 0.100. The number of hydrogen-bond acceptors (Lipinski definition) is 4. The molecular weight excluding hydrogens is 381 g/mol. The summed E-state index contributed by atoms with van der Waals surface area (Å²) in [5.74, 6) is -0.989. The van der Waals surface area contributed by atoms with E-state index < -0.39 is 28.3 Å². The zero-order chi connectivity index (χ0) is 20.0. The molecule has 0 saturated heterocycles. The Morgan fingerprint density at radius 2 is 1.71 bits per heavy atom. The van der Waals surface area contributed by atoms with Gasteiger partial charge in [0.2, 0.25) is 5.91 Å². The van der Waals surface area contributed by atoms with E-state index in [2.05, 4.69) is 10.3 Å². The van der Waals surface area contributed by atoms with Crippen LogP contribution in [0.5, 0.6) is 0 Å². The summed E-state index contributed by atoms with van der Waals surface area (Å²) in [5.41, 5.74) is 1.07. The monoisotopic (exact) mass is 399 g/mol. The maximum atomic E-state index is 13.3. The molecule has 0 fully saturated rings. The van der Waals surface area contributed by atoms with Crippen molar-refractivity contribution in [2.75, 3.05) is 10.8 Å². The Bertz CT molecular complexity index is 1030. The van der Waals surface area contributed by atoms with Gasteiger partial charge in [-0.2, -0.15) is 0 Å². The second-order valence-electron chi connectivity index (χ2n) is 5.94. The Morgan fingerprint density at radius 1 is 1.00 bits per heavy atom. The van der Waals surface area contributed by atoms with E-state index in [0.29, 0.717) is 0 Å². The van der Waals surface area contributed by atoms with Gasteiger partial charge in [-0.25, -0.2) is 12.8 Å². The first kappa shape index (κ1) is 19.5. The van der Waals surface area contributed by atoms with Gasteiger partial charge in [-0.3, -0.25) is 14.1 Å². The van der Waals surface area contributed by atoms with Gasteiger partial charge in [-0.15, -0.1) is 0 Å². The van der Waals surface area contributed by atoms with Gasteiger partial charge in [-0.05, 0) is 42.0 Å². The van der Waals surface area contributed by atoms with E-state index in [-0.39, 0.29) is 17.1 Å². The van der Waals surface area contributed by atoms with Crippen LogP contribution in [0.25, 0.3) is 0 Å². The number of carbonyl (C=O) groups excluding carboxylic acids is 1. The molecule has 6 nitrogen and oxygen atoms in total. The molecule has 28 heavy (non-hydrogen) atoms. The van der Waals surface area contributed by atoms with Gasteiger partial charge in [0.15, 0.2) is 0 Å². The third-order valence-corrected chi connectivity index (χ3v) is 5.71. The number of nitrogens with zero attached hydrogens (tertiary/aromatic N) is 2. The SMILES string of the molecule is O=C(CN(c1ccc(F)cc1)S(=O)(=O)c1cccnc1)NCc1ccccc1. The molecule has 0 unspecified atom stereocenters. The van der Waals surface area contributed by atoms with Crippen LogP contribution in [0.15, 0.2) is 84.0 Å². The molecule has 0 aliphatic heterocycles. The number of rotatable bonds is 7. The van der Waals surface area contributed by atoms with E-state index in [1.165, 1.54) is 36.7 Å². The van der Waals surface area contributed by atoms with Crippen LogP contribution >= 0.6 is 0 Å². The van der Waals surface area contributed by atoms with Gasteiger partial charge >= 0.3 is 0 Å². The van der Waals surface area contributed by atoms with Gasteiger partial charge in [0, 0.05) is 18.9 Å². The normalized spacial score (nSPS) is 11.0. The Morgan fingerprint density at radius 3 is 2.36 bits per heavy atom. The van der Waals surface area contributed by atoms with Crippen LogP contribution in [-0.2, 0) is 21.4 Å². The number of halogens is 1. The summed E-state index contributed by atoms with van der Waals surface area (Å²) in [6.07, 6.45) is 2.65. The smallest absolute Gasteiger partial charge is 0.266 e. The summed E-state index contributed by atoms with van der Waals surface area (Å²) in [6.45, 7) is -0.181. The van der Waals surface area contributed by atoms with Crippen LogP contribution in [0.4, 0.5) is 10.1 Å². The first-order valence-electron chi connectivity index (χ1n) is 8.46. The van der Waals surface area contributed by atoms with Gasteiger partial charge < -0.3 is 5.32 Å². The van der Waals surface area contributed by atoms with Crippen LogP contribution in [0.2, 0.25) is 0 Å². The Kier molecular flexibility index (Phi) is 6.00. The summed E-state index contributed by atoms with van der Waals surface area (Å²) >= 11 is 0. The highest BCUT2D eigenvalue weighted by molar-refractivity contribution is 7.92. The summed E-state index contributed by atoms with van der Waals surface area (Å²) < 4.78 is 40.3. The molecule has 0 aliphatic carbocycles. The number of hydrogen-bond donors (Lipinski definition) is 1. The quantitative estimate of drug-likeness (QED) is 0.663. The average molecular weight is 399 g/mol. The molecule has 2 aromatic carbocycles. The van der Waals surface area contributed by atoms with Crippen molar-refractivity contribution >= 4 is 21.6 Å². The molecular formula is C20H18FN3O3S. The van der Waals surface area contributed by atoms with Crippen molar-refractivity contribution in [3.8, 4) is 0 Å². The molecule has 144 valence electrons. The van der Waals surface area contributed by atoms with E-state index in [0.717, 1.165) is 22.0 Å². The minimum absolute atomic E-state index is 0.0600. The van der Waals surface area contributed by atoms with Crippen LogP contribution in [-0.4, -0.2) is 25.9 Å².